The number of rotatable bonds is 4. The molecule has 5 nitrogen and oxygen atoms in total. The fraction of sp³-hybridized carbons (Fsp3) is 0.833. The lowest BCUT2D eigenvalue weighted by atomic mass is 10.1. The summed E-state index contributed by atoms with van der Waals surface area (Å²) < 4.78 is 0. The molecule has 1 fully saturated rings. The van der Waals surface area contributed by atoms with Gasteiger partial charge in [0, 0.05) is 18.8 Å². The summed E-state index contributed by atoms with van der Waals surface area (Å²) in [7, 11) is 0. The van der Waals surface area contributed by atoms with Crippen molar-refractivity contribution in [1.82, 2.24) is 9.80 Å². The van der Waals surface area contributed by atoms with Gasteiger partial charge in [-0.1, -0.05) is 13.8 Å². The van der Waals surface area contributed by atoms with Gasteiger partial charge in [0.2, 0.25) is 0 Å². The summed E-state index contributed by atoms with van der Waals surface area (Å²) in [6.07, 6.45) is 0. The zero-order valence-corrected chi connectivity index (χ0v) is 12.2. The maximum absolute atomic E-state index is 12.4. The summed E-state index contributed by atoms with van der Waals surface area (Å²) in [4.78, 5) is 26.9. The van der Waals surface area contributed by atoms with Crippen molar-refractivity contribution in [3.8, 4) is 0 Å². The van der Waals surface area contributed by atoms with Crippen LogP contribution in [0.3, 0.4) is 0 Å². The average Bonchev–Trinajstić information content (AvgIpc) is 2.74. The van der Waals surface area contributed by atoms with Crippen molar-refractivity contribution >= 4 is 23.8 Å². The molecule has 0 aliphatic carbocycles. The molecule has 1 saturated heterocycles. The minimum atomic E-state index is -0.911. The first-order valence-corrected chi connectivity index (χ1v) is 7.40. The standard InChI is InChI=1S/C12H22N2O3S/c1-5-13(6-2)12(17)14-9(11(15)16)7-18-10(14)8(3)4/h8-10H,5-7H2,1-4H3,(H,15,16). The molecule has 6 heteroatoms. The molecule has 1 aliphatic heterocycles. The van der Waals surface area contributed by atoms with Gasteiger partial charge in [0.15, 0.2) is 0 Å². The smallest absolute Gasteiger partial charge is 0.327 e. The number of carbonyl (C=O) groups is 2. The van der Waals surface area contributed by atoms with Gasteiger partial charge >= 0.3 is 12.0 Å². The number of carboxylic acids is 1. The summed E-state index contributed by atoms with van der Waals surface area (Å²) in [5, 5.41) is 9.19. The van der Waals surface area contributed by atoms with Gasteiger partial charge in [0.05, 0.1) is 5.37 Å². The zero-order chi connectivity index (χ0) is 13.9. The van der Waals surface area contributed by atoms with Crippen LogP contribution in [0.1, 0.15) is 27.7 Å². The lowest BCUT2D eigenvalue weighted by molar-refractivity contribution is -0.141. The van der Waals surface area contributed by atoms with E-state index in [2.05, 4.69) is 0 Å². The van der Waals surface area contributed by atoms with E-state index in [1.807, 2.05) is 27.7 Å². The van der Waals surface area contributed by atoms with E-state index in [-0.39, 0.29) is 17.3 Å². The summed E-state index contributed by atoms with van der Waals surface area (Å²) in [5.41, 5.74) is 0. The summed E-state index contributed by atoms with van der Waals surface area (Å²) in [5.74, 6) is -0.185. The van der Waals surface area contributed by atoms with Gasteiger partial charge < -0.3 is 10.0 Å². The molecule has 2 atom stereocenters. The Balaban J connectivity index is 2.95. The van der Waals surface area contributed by atoms with Gasteiger partial charge in [-0.2, -0.15) is 0 Å². The number of thioether (sulfide) groups is 1. The van der Waals surface area contributed by atoms with E-state index in [0.717, 1.165) is 0 Å². The normalized spacial score (nSPS) is 23.5. The summed E-state index contributed by atoms with van der Waals surface area (Å²) in [6.45, 7) is 9.06. The molecule has 2 amide bonds. The maximum atomic E-state index is 12.4. The molecule has 0 spiro atoms. The van der Waals surface area contributed by atoms with Gasteiger partial charge in [-0.25, -0.2) is 9.59 Å². The first kappa shape index (κ1) is 15.1. The number of urea groups is 1. The third-order valence-electron chi connectivity index (χ3n) is 3.15. The molecule has 2 unspecified atom stereocenters. The first-order chi connectivity index (χ1) is 8.43. The molecule has 1 N–H and O–H groups in total. The SMILES string of the molecule is CCN(CC)C(=O)N1C(C(=O)O)CSC1C(C)C. The van der Waals surface area contributed by atoms with Gasteiger partial charge in [0.1, 0.15) is 6.04 Å². The predicted octanol–water partition coefficient (Wildman–Crippen LogP) is 1.93. The van der Waals surface area contributed by atoms with E-state index in [4.69, 9.17) is 0 Å². The van der Waals surface area contributed by atoms with Gasteiger partial charge in [-0.15, -0.1) is 11.8 Å². The van der Waals surface area contributed by atoms with Crippen LogP contribution in [-0.4, -0.2) is 57.2 Å². The van der Waals surface area contributed by atoms with Crippen molar-refractivity contribution < 1.29 is 14.7 Å². The topological polar surface area (TPSA) is 60.9 Å². The molecule has 104 valence electrons. The molecule has 0 saturated carbocycles. The molecule has 0 bridgehead atoms. The highest BCUT2D eigenvalue weighted by Crippen LogP contribution is 2.34. The molecular weight excluding hydrogens is 252 g/mol. The Bertz CT molecular complexity index is 318. The quantitative estimate of drug-likeness (QED) is 0.851. The Morgan fingerprint density at radius 1 is 1.39 bits per heavy atom. The summed E-state index contributed by atoms with van der Waals surface area (Å²) in [6, 6.07) is -0.855. The molecule has 0 aromatic carbocycles. The highest BCUT2D eigenvalue weighted by atomic mass is 32.2. The number of carbonyl (C=O) groups excluding carboxylic acids is 1. The lowest BCUT2D eigenvalue weighted by Gasteiger charge is -2.34. The monoisotopic (exact) mass is 274 g/mol. The van der Waals surface area contributed by atoms with Gasteiger partial charge in [-0.3, -0.25) is 4.90 Å². The Morgan fingerprint density at radius 2 is 1.94 bits per heavy atom. The molecule has 0 radical (unpaired) electrons. The van der Waals surface area contributed by atoms with E-state index in [0.29, 0.717) is 18.8 Å². The van der Waals surface area contributed by atoms with Crippen molar-refractivity contribution in [3.05, 3.63) is 0 Å². The second-order valence-electron chi connectivity index (χ2n) is 4.68. The Kier molecular flexibility index (Phi) is 5.31. The van der Waals surface area contributed by atoms with E-state index in [1.165, 1.54) is 0 Å². The Labute approximate surface area is 113 Å². The number of amides is 2. The van der Waals surface area contributed by atoms with Crippen molar-refractivity contribution in [3.63, 3.8) is 0 Å². The maximum Gasteiger partial charge on any atom is 0.327 e. The largest absolute Gasteiger partial charge is 0.480 e. The van der Waals surface area contributed by atoms with Gasteiger partial charge in [-0.05, 0) is 19.8 Å². The number of nitrogens with zero attached hydrogens (tertiary/aromatic N) is 2. The van der Waals surface area contributed by atoms with Crippen LogP contribution in [0.15, 0.2) is 0 Å². The summed E-state index contributed by atoms with van der Waals surface area (Å²) >= 11 is 1.56. The number of aliphatic carboxylic acids is 1. The van der Waals surface area contributed by atoms with Crippen LogP contribution in [0.5, 0.6) is 0 Å². The van der Waals surface area contributed by atoms with E-state index in [1.54, 1.807) is 21.6 Å². The second kappa shape index (κ2) is 6.31. The lowest BCUT2D eigenvalue weighted by Crippen LogP contribution is -2.52. The first-order valence-electron chi connectivity index (χ1n) is 6.35. The third-order valence-corrected chi connectivity index (χ3v) is 4.77. The molecule has 18 heavy (non-hydrogen) atoms. The minimum Gasteiger partial charge on any atom is -0.480 e. The van der Waals surface area contributed by atoms with Crippen molar-refractivity contribution in [1.29, 1.82) is 0 Å². The third kappa shape index (κ3) is 2.91. The minimum absolute atomic E-state index is 0.0424. The Hall–Kier alpha value is -0.910. The van der Waals surface area contributed by atoms with Crippen LogP contribution in [0.2, 0.25) is 0 Å². The Morgan fingerprint density at radius 3 is 2.33 bits per heavy atom. The average molecular weight is 274 g/mol. The molecule has 0 aromatic heterocycles. The second-order valence-corrected chi connectivity index (χ2v) is 5.83. The predicted molar refractivity (Wildman–Crippen MR) is 72.7 cm³/mol. The number of carboxylic acid groups (broad SMARTS) is 1. The fourth-order valence-electron chi connectivity index (χ4n) is 2.13. The van der Waals surface area contributed by atoms with Crippen LogP contribution in [0.25, 0.3) is 0 Å². The van der Waals surface area contributed by atoms with Gasteiger partial charge in [0.25, 0.3) is 0 Å². The van der Waals surface area contributed by atoms with Crippen LogP contribution >= 0.6 is 11.8 Å². The number of hydrogen-bond donors (Lipinski definition) is 1. The fourth-order valence-corrected chi connectivity index (χ4v) is 3.60. The highest BCUT2D eigenvalue weighted by Gasteiger charge is 2.43. The number of hydrogen-bond acceptors (Lipinski definition) is 3. The molecule has 0 aromatic rings. The zero-order valence-electron chi connectivity index (χ0n) is 11.4. The van der Waals surface area contributed by atoms with Crippen LogP contribution in [0, 0.1) is 5.92 Å². The van der Waals surface area contributed by atoms with E-state index >= 15 is 0 Å². The van der Waals surface area contributed by atoms with Crippen molar-refractivity contribution in [2.45, 2.75) is 39.1 Å². The van der Waals surface area contributed by atoms with E-state index in [9.17, 15) is 14.7 Å². The van der Waals surface area contributed by atoms with Crippen molar-refractivity contribution in [2.24, 2.45) is 5.92 Å². The molecule has 1 aliphatic rings. The van der Waals surface area contributed by atoms with Crippen molar-refractivity contribution in [2.75, 3.05) is 18.8 Å². The van der Waals surface area contributed by atoms with Crippen LogP contribution in [-0.2, 0) is 4.79 Å². The van der Waals surface area contributed by atoms with Crippen LogP contribution < -0.4 is 0 Å². The molecule has 1 heterocycles. The molecule has 1 rings (SSSR count). The highest BCUT2D eigenvalue weighted by molar-refractivity contribution is 8.00. The van der Waals surface area contributed by atoms with Crippen LogP contribution in [0.4, 0.5) is 4.79 Å². The molecular formula is C12H22N2O3S. The van der Waals surface area contributed by atoms with E-state index < -0.39 is 12.0 Å².